The Labute approximate surface area is 213 Å². The Morgan fingerprint density at radius 3 is 2.65 bits per heavy atom. The first kappa shape index (κ1) is 23.2. The van der Waals surface area contributed by atoms with Crippen molar-refractivity contribution in [1.29, 1.82) is 0 Å². The van der Waals surface area contributed by atoms with Crippen molar-refractivity contribution in [1.82, 2.24) is 30.0 Å². The summed E-state index contributed by atoms with van der Waals surface area (Å²) in [4.78, 5) is 32.0. The predicted molar refractivity (Wildman–Crippen MR) is 138 cm³/mol. The van der Waals surface area contributed by atoms with Crippen molar-refractivity contribution in [2.24, 2.45) is 10.7 Å². The summed E-state index contributed by atoms with van der Waals surface area (Å²) < 4.78 is 16.0. The number of nitrogens with zero attached hydrogens (tertiary/aromatic N) is 6. The van der Waals surface area contributed by atoms with Crippen LogP contribution in [0.3, 0.4) is 0 Å². The lowest BCUT2D eigenvalue weighted by Gasteiger charge is -2.39. The molecule has 3 N–H and O–H groups in total. The van der Waals surface area contributed by atoms with Gasteiger partial charge in [0.05, 0.1) is 17.3 Å². The van der Waals surface area contributed by atoms with E-state index >= 15 is 0 Å². The summed E-state index contributed by atoms with van der Waals surface area (Å²) in [6.45, 7) is 6.03. The topological polar surface area (TPSA) is 124 Å². The number of hydrogen-bond acceptors (Lipinski definition) is 7. The molecule has 4 aromatic rings. The van der Waals surface area contributed by atoms with E-state index in [1.54, 1.807) is 35.1 Å². The van der Waals surface area contributed by atoms with E-state index in [-0.39, 0.29) is 35.3 Å². The molecule has 188 valence electrons. The number of halogens is 1. The number of rotatable bonds is 5. The Bertz CT molecular complexity index is 1600. The van der Waals surface area contributed by atoms with Crippen molar-refractivity contribution in [2.45, 2.75) is 57.5 Å². The van der Waals surface area contributed by atoms with Crippen molar-refractivity contribution < 1.29 is 9.18 Å². The number of carbonyl (C=O) groups is 1. The number of aromatic nitrogens is 5. The molecular weight excluding hydrogens is 471 g/mol. The second kappa shape index (κ2) is 8.16. The number of nitrogens with two attached hydrogens (primary N) is 1. The Balaban J connectivity index is 1.51. The second-order valence-electron chi connectivity index (χ2n) is 10.6. The number of nitrogens with one attached hydrogen (secondary N) is 1. The van der Waals surface area contributed by atoms with Crippen LogP contribution in [0.4, 0.5) is 10.2 Å². The quantitative estimate of drug-likeness (QED) is 0.428. The van der Waals surface area contributed by atoms with E-state index < -0.39 is 5.41 Å². The van der Waals surface area contributed by atoms with E-state index in [1.165, 1.54) is 6.07 Å². The van der Waals surface area contributed by atoms with Gasteiger partial charge in [0.1, 0.15) is 23.0 Å². The first-order valence-electron chi connectivity index (χ1n) is 12.3. The van der Waals surface area contributed by atoms with Gasteiger partial charge in [0.2, 0.25) is 0 Å². The van der Waals surface area contributed by atoms with Crippen molar-refractivity contribution in [3.63, 3.8) is 0 Å². The summed E-state index contributed by atoms with van der Waals surface area (Å²) in [5.41, 5.74) is 7.61. The molecule has 1 aromatic carbocycles. The van der Waals surface area contributed by atoms with Gasteiger partial charge in [-0.2, -0.15) is 5.10 Å². The first-order chi connectivity index (χ1) is 17.7. The van der Waals surface area contributed by atoms with Gasteiger partial charge in [0.15, 0.2) is 17.3 Å². The third-order valence-corrected chi connectivity index (χ3v) is 7.47. The highest BCUT2D eigenvalue weighted by Crippen LogP contribution is 2.41. The summed E-state index contributed by atoms with van der Waals surface area (Å²) in [5, 5.41) is 8.57. The van der Waals surface area contributed by atoms with E-state index in [2.05, 4.69) is 15.3 Å². The molecule has 0 atom stereocenters. The maximum atomic E-state index is 14.4. The van der Waals surface area contributed by atoms with E-state index in [9.17, 15) is 9.18 Å². The lowest BCUT2D eigenvalue weighted by molar-refractivity contribution is 0.0843. The van der Waals surface area contributed by atoms with Gasteiger partial charge in [-0.05, 0) is 58.2 Å². The highest BCUT2D eigenvalue weighted by molar-refractivity contribution is 6.04. The number of amidine groups is 1. The van der Waals surface area contributed by atoms with E-state index in [0.29, 0.717) is 39.5 Å². The molecule has 0 spiro atoms. The van der Waals surface area contributed by atoms with Crippen LogP contribution in [0.2, 0.25) is 0 Å². The molecule has 1 aliphatic carbocycles. The predicted octanol–water partition coefficient (Wildman–Crippen LogP) is 4.03. The van der Waals surface area contributed by atoms with Crippen molar-refractivity contribution in [3.05, 3.63) is 65.2 Å². The summed E-state index contributed by atoms with van der Waals surface area (Å²) in [5.74, 6) is 0.356. The van der Waals surface area contributed by atoms with E-state index in [1.807, 2.05) is 26.8 Å². The molecule has 4 heterocycles. The molecule has 9 nitrogen and oxygen atoms in total. The van der Waals surface area contributed by atoms with Gasteiger partial charge in [-0.3, -0.25) is 4.79 Å². The number of aliphatic imine (C=N–C) groups is 1. The minimum atomic E-state index is -0.700. The molecular formula is C27H27FN8O. The Hall–Kier alpha value is -4.21. The van der Waals surface area contributed by atoms with Gasteiger partial charge in [-0.1, -0.05) is 18.2 Å². The molecule has 6 rings (SSSR count). The molecule has 1 amide bonds. The van der Waals surface area contributed by atoms with Crippen molar-refractivity contribution >= 4 is 28.6 Å². The molecule has 1 fully saturated rings. The van der Waals surface area contributed by atoms with Crippen LogP contribution < -0.4 is 11.1 Å². The minimum absolute atomic E-state index is 0.176. The van der Waals surface area contributed by atoms with Crippen LogP contribution in [0.15, 0.2) is 47.6 Å². The van der Waals surface area contributed by atoms with Gasteiger partial charge in [-0.15, -0.1) is 0 Å². The summed E-state index contributed by atoms with van der Waals surface area (Å²) in [6, 6.07) is 10.2. The standard InChI is InChI=1S/C27H27FN8O/c1-26(2)18-20(24(37)34-27(3)11-7-12-27)31-22(32-21(18)33-25(26)29)19-16-9-6-13-30-23(16)36(35-19)14-15-8-4-5-10-17(15)28/h4-6,8-10,13H,7,11-12,14H2,1-3H3,(H,34,37)(H2,29,31,32,33). The van der Waals surface area contributed by atoms with E-state index in [0.717, 1.165) is 19.3 Å². The van der Waals surface area contributed by atoms with Gasteiger partial charge >= 0.3 is 0 Å². The maximum absolute atomic E-state index is 14.4. The summed E-state index contributed by atoms with van der Waals surface area (Å²) >= 11 is 0. The number of hydrogen-bond donors (Lipinski definition) is 2. The third-order valence-electron chi connectivity index (χ3n) is 7.47. The lowest BCUT2D eigenvalue weighted by Crippen LogP contribution is -2.51. The number of amides is 1. The monoisotopic (exact) mass is 498 g/mol. The molecule has 0 bridgehead atoms. The van der Waals surface area contributed by atoms with Crippen molar-refractivity contribution in [2.75, 3.05) is 0 Å². The normalized spacial score (nSPS) is 17.2. The molecule has 3 aromatic heterocycles. The van der Waals surface area contributed by atoms with Crippen LogP contribution in [0.25, 0.3) is 22.6 Å². The zero-order chi connectivity index (χ0) is 25.9. The zero-order valence-corrected chi connectivity index (χ0v) is 20.9. The summed E-state index contributed by atoms with van der Waals surface area (Å²) in [7, 11) is 0. The largest absolute Gasteiger partial charge is 0.386 e. The molecule has 1 aliphatic heterocycles. The molecule has 37 heavy (non-hydrogen) atoms. The Kier molecular flexibility index (Phi) is 5.11. The van der Waals surface area contributed by atoms with Gasteiger partial charge in [0, 0.05) is 22.9 Å². The number of pyridine rings is 1. The third kappa shape index (κ3) is 3.75. The van der Waals surface area contributed by atoms with Crippen LogP contribution in [-0.2, 0) is 12.0 Å². The minimum Gasteiger partial charge on any atom is -0.386 e. The molecule has 10 heteroatoms. The first-order valence-corrected chi connectivity index (χ1v) is 12.3. The van der Waals surface area contributed by atoms with Crippen molar-refractivity contribution in [3.8, 4) is 11.5 Å². The Morgan fingerprint density at radius 2 is 1.92 bits per heavy atom. The fourth-order valence-electron chi connectivity index (χ4n) is 5.00. The number of fused-ring (bicyclic) bond motifs is 2. The average molecular weight is 499 g/mol. The molecule has 1 saturated carbocycles. The van der Waals surface area contributed by atoms with Crippen LogP contribution in [-0.4, -0.2) is 42.0 Å². The molecule has 0 unspecified atom stereocenters. The van der Waals surface area contributed by atoms with E-state index in [4.69, 9.17) is 20.8 Å². The number of benzene rings is 1. The molecule has 2 aliphatic rings. The smallest absolute Gasteiger partial charge is 0.270 e. The fourth-order valence-corrected chi connectivity index (χ4v) is 5.00. The Morgan fingerprint density at radius 1 is 1.14 bits per heavy atom. The van der Waals surface area contributed by atoms with Crippen LogP contribution in [0.1, 0.15) is 61.6 Å². The second-order valence-corrected chi connectivity index (χ2v) is 10.6. The van der Waals surface area contributed by atoms with Crippen LogP contribution in [0, 0.1) is 5.82 Å². The fraction of sp³-hybridized carbons (Fsp3) is 0.333. The maximum Gasteiger partial charge on any atom is 0.270 e. The molecule has 0 saturated heterocycles. The number of carbonyl (C=O) groups excluding carboxylic acids is 1. The SMILES string of the molecule is CC1(NC(=O)c2nc(-c3nn(Cc4ccccc4F)c4ncccc34)nc3c2C(C)(C)C(N)=N3)CCC1. The lowest BCUT2D eigenvalue weighted by atomic mass is 9.78. The zero-order valence-electron chi connectivity index (χ0n) is 20.9. The van der Waals surface area contributed by atoms with Gasteiger partial charge in [-0.25, -0.2) is 29.0 Å². The van der Waals surface area contributed by atoms with Gasteiger partial charge < -0.3 is 11.1 Å². The van der Waals surface area contributed by atoms with Crippen LogP contribution >= 0.6 is 0 Å². The highest BCUT2D eigenvalue weighted by Gasteiger charge is 2.42. The highest BCUT2D eigenvalue weighted by atomic mass is 19.1. The summed E-state index contributed by atoms with van der Waals surface area (Å²) in [6.07, 6.45) is 4.56. The molecule has 0 radical (unpaired) electrons. The average Bonchev–Trinajstić information content (AvgIpc) is 3.33. The van der Waals surface area contributed by atoms with Gasteiger partial charge in [0.25, 0.3) is 5.91 Å². The van der Waals surface area contributed by atoms with Crippen LogP contribution in [0.5, 0.6) is 0 Å².